The Morgan fingerprint density at radius 2 is 1.97 bits per heavy atom. The second kappa shape index (κ2) is 9.89. The number of halogens is 1. The molecular formula is C24H24ClN3O4S. The van der Waals surface area contributed by atoms with Crippen LogP contribution in [0.1, 0.15) is 43.2 Å². The molecule has 0 spiro atoms. The fraction of sp³-hybridized carbons (Fsp3) is 0.333. The minimum absolute atomic E-state index is 0.00899. The summed E-state index contributed by atoms with van der Waals surface area (Å²) in [4.78, 5) is 27.2. The minimum Gasteiger partial charge on any atom is -0.487 e. The number of likely N-dealkylation sites (N-methyl/N-ethyl adjacent to an activating group) is 1. The average molecular weight is 486 g/mol. The van der Waals surface area contributed by atoms with Crippen molar-refractivity contribution in [1.29, 1.82) is 0 Å². The molecule has 1 saturated heterocycles. The molecule has 0 unspecified atom stereocenters. The molecule has 1 amide bonds. The molecule has 2 aliphatic rings. The molecule has 0 N–H and O–H groups in total. The second-order valence-electron chi connectivity index (χ2n) is 8.24. The highest BCUT2D eigenvalue weighted by Crippen LogP contribution is 2.32. The summed E-state index contributed by atoms with van der Waals surface area (Å²) in [5, 5.41) is 11.9. The van der Waals surface area contributed by atoms with E-state index >= 15 is 0 Å². The first-order valence-corrected chi connectivity index (χ1v) is 11.6. The number of nitro groups is 1. The molecule has 33 heavy (non-hydrogen) atoms. The molecule has 9 heteroatoms. The van der Waals surface area contributed by atoms with Crippen LogP contribution in [0.5, 0.6) is 5.75 Å². The predicted molar refractivity (Wildman–Crippen MR) is 131 cm³/mol. The summed E-state index contributed by atoms with van der Waals surface area (Å²) in [6.07, 6.45) is 7.19. The van der Waals surface area contributed by atoms with Crippen LogP contribution in [0.3, 0.4) is 0 Å². The third-order valence-corrected chi connectivity index (χ3v) is 6.77. The number of ether oxygens (including phenoxy) is 1. The number of carbonyl (C=O) groups excluding carboxylic acids is 1. The Hall–Kier alpha value is -2.97. The number of thiocarbonyl (C=S) groups is 1. The molecular weight excluding hydrogens is 462 g/mol. The van der Waals surface area contributed by atoms with E-state index in [2.05, 4.69) is 0 Å². The lowest BCUT2D eigenvalue weighted by atomic mass is 9.94. The Morgan fingerprint density at radius 1 is 1.21 bits per heavy atom. The van der Waals surface area contributed by atoms with Gasteiger partial charge in [-0.15, -0.1) is 0 Å². The highest BCUT2D eigenvalue weighted by Gasteiger charge is 2.40. The summed E-state index contributed by atoms with van der Waals surface area (Å²) in [6.45, 7) is 0.147. The largest absolute Gasteiger partial charge is 0.487 e. The molecule has 7 nitrogen and oxygen atoms in total. The van der Waals surface area contributed by atoms with Gasteiger partial charge in [0.25, 0.3) is 11.6 Å². The minimum atomic E-state index is -0.443. The molecule has 0 atom stereocenters. The molecule has 2 aromatic rings. The van der Waals surface area contributed by atoms with E-state index < -0.39 is 4.92 Å². The fourth-order valence-corrected chi connectivity index (χ4v) is 4.81. The lowest BCUT2D eigenvalue weighted by Gasteiger charge is -2.30. The number of hydrogen-bond acceptors (Lipinski definition) is 5. The van der Waals surface area contributed by atoms with Crippen LogP contribution >= 0.6 is 23.8 Å². The van der Waals surface area contributed by atoms with Crippen molar-refractivity contribution in [2.45, 2.75) is 44.8 Å². The van der Waals surface area contributed by atoms with Crippen LogP contribution in [0.4, 0.5) is 5.69 Å². The lowest BCUT2D eigenvalue weighted by molar-refractivity contribution is -0.384. The van der Waals surface area contributed by atoms with Crippen LogP contribution in [0.25, 0.3) is 6.08 Å². The number of non-ortho nitro benzene ring substituents is 1. The first kappa shape index (κ1) is 23.2. The van der Waals surface area contributed by atoms with E-state index in [-0.39, 0.29) is 24.2 Å². The molecule has 0 bridgehead atoms. The Kier molecular flexibility index (Phi) is 6.95. The van der Waals surface area contributed by atoms with E-state index in [1.54, 1.807) is 40.1 Å². The number of rotatable bonds is 6. The first-order chi connectivity index (χ1) is 15.8. The van der Waals surface area contributed by atoms with E-state index in [9.17, 15) is 14.9 Å². The maximum atomic E-state index is 13.1. The smallest absolute Gasteiger partial charge is 0.277 e. The third kappa shape index (κ3) is 5.02. The van der Waals surface area contributed by atoms with E-state index in [1.165, 1.54) is 18.6 Å². The van der Waals surface area contributed by atoms with Crippen molar-refractivity contribution in [3.05, 3.63) is 74.4 Å². The van der Waals surface area contributed by atoms with Crippen molar-refractivity contribution >= 4 is 46.6 Å². The lowest BCUT2D eigenvalue weighted by Crippen LogP contribution is -2.41. The molecule has 2 aromatic carbocycles. The summed E-state index contributed by atoms with van der Waals surface area (Å²) < 4.78 is 5.76. The Balaban J connectivity index is 1.48. The number of hydrogen-bond donors (Lipinski definition) is 0. The molecule has 1 saturated carbocycles. The maximum Gasteiger partial charge on any atom is 0.277 e. The van der Waals surface area contributed by atoms with E-state index in [0.717, 1.165) is 31.2 Å². The number of amides is 1. The van der Waals surface area contributed by atoms with Gasteiger partial charge < -0.3 is 9.64 Å². The molecule has 0 aromatic heterocycles. The molecule has 4 rings (SSSR count). The zero-order valence-electron chi connectivity index (χ0n) is 18.2. The molecule has 1 aliphatic carbocycles. The van der Waals surface area contributed by atoms with Gasteiger partial charge in [-0.05, 0) is 54.4 Å². The summed E-state index contributed by atoms with van der Waals surface area (Å²) in [5.74, 6) is 0.382. The number of nitro benzene ring substituents is 1. The number of benzene rings is 2. The van der Waals surface area contributed by atoms with E-state index in [0.29, 0.717) is 27.1 Å². The average Bonchev–Trinajstić information content (AvgIpc) is 3.02. The van der Waals surface area contributed by atoms with Gasteiger partial charge in [0.2, 0.25) is 0 Å². The molecule has 1 heterocycles. The van der Waals surface area contributed by atoms with Gasteiger partial charge in [0.1, 0.15) is 18.1 Å². The van der Waals surface area contributed by atoms with Crippen molar-refractivity contribution in [1.82, 2.24) is 9.80 Å². The Labute approximate surface area is 202 Å². The SMILES string of the molecule is CN1C(=S)N(C2CCCCC2)C(=O)/C1=C/c1ccc(OCc2cccc([N+](=O)[O-])c2)c(Cl)c1. The van der Waals surface area contributed by atoms with Gasteiger partial charge in [-0.2, -0.15) is 0 Å². The zero-order chi connectivity index (χ0) is 23.5. The van der Waals surface area contributed by atoms with Crippen LogP contribution in [-0.2, 0) is 11.4 Å². The van der Waals surface area contributed by atoms with Crippen LogP contribution in [0.2, 0.25) is 5.02 Å². The van der Waals surface area contributed by atoms with Gasteiger partial charge in [-0.3, -0.25) is 19.8 Å². The van der Waals surface area contributed by atoms with Crippen LogP contribution < -0.4 is 4.74 Å². The van der Waals surface area contributed by atoms with Gasteiger partial charge in [0.05, 0.1) is 9.95 Å². The highest BCUT2D eigenvalue weighted by molar-refractivity contribution is 7.80. The normalized spacial score (nSPS) is 18.3. The Bertz CT molecular complexity index is 1130. The topological polar surface area (TPSA) is 75.9 Å². The summed E-state index contributed by atoms with van der Waals surface area (Å²) in [7, 11) is 1.81. The first-order valence-electron chi connectivity index (χ1n) is 10.8. The van der Waals surface area contributed by atoms with Crippen LogP contribution in [0, 0.1) is 10.1 Å². The van der Waals surface area contributed by atoms with Crippen LogP contribution in [-0.4, -0.2) is 38.8 Å². The summed E-state index contributed by atoms with van der Waals surface area (Å²) in [6, 6.07) is 11.7. The van der Waals surface area contributed by atoms with Crippen molar-refractivity contribution < 1.29 is 14.5 Å². The number of carbonyl (C=O) groups is 1. The zero-order valence-corrected chi connectivity index (χ0v) is 19.8. The van der Waals surface area contributed by atoms with Gasteiger partial charge in [-0.25, -0.2) is 0 Å². The van der Waals surface area contributed by atoms with E-state index in [1.807, 2.05) is 13.1 Å². The third-order valence-electron chi connectivity index (χ3n) is 6.01. The monoisotopic (exact) mass is 485 g/mol. The molecule has 172 valence electrons. The van der Waals surface area contributed by atoms with Crippen molar-refractivity contribution in [3.8, 4) is 5.75 Å². The van der Waals surface area contributed by atoms with Gasteiger partial charge in [0, 0.05) is 25.2 Å². The summed E-state index contributed by atoms with van der Waals surface area (Å²) >= 11 is 12.0. The molecule has 0 radical (unpaired) electrons. The summed E-state index contributed by atoms with van der Waals surface area (Å²) in [5.41, 5.74) is 1.95. The van der Waals surface area contributed by atoms with Gasteiger partial charge >= 0.3 is 0 Å². The van der Waals surface area contributed by atoms with Gasteiger partial charge in [-0.1, -0.05) is 49.1 Å². The van der Waals surface area contributed by atoms with Gasteiger partial charge in [0.15, 0.2) is 5.11 Å². The second-order valence-corrected chi connectivity index (χ2v) is 9.02. The molecule has 1 aliphatic heterocycles. The van der Waals surface area contributed by atoms with Crippen LogP contribution in [0.15, 0.2) is 48.2 Å². The quantitative estimate of drug-likeness (QED) is 0.231. The van der Waals surface area contributed by atoms with Crippen molar-refractivity contribution in [2.75, 3.05) is 7.05 Å². The maximum absolute atomic E-state index is 13.1. The number of nitrogens with zero attached hydrogens (tertiary/aromatic N) is 3. The van der Waals surface area contributed by atoms with Crippen molar-refractivity contribution in [2.24, 2.45) is 0 Å². The fourth-order valence-electron chi connectivity index (χ4n) is 4.24. The van der Waals surface area contributed by atoms with Crippen molar-refractivity contribution in [3.63, 3.8) is 0 Å². The predicted octanol–water partition coefficient (Wildman–Crippen LogP) is 5.56. The molecule has 2 fully saturated rings. The van der Waals surface area contributed by atoms with E-state index in [4.69, 9.17) is 28.6 Å². The standard InChI is InChI=1S/C24H24ClN3O4S/c1-26-21(23(29)27(24(26)33)18-7-3-2-4-8-18)14-16-10-11-22(20(25)13-16)32-15-17-6-5-9-19(12-17)28(30)31/h5-6,9-14,18H,2-4,7-8,15H2,1H3/b21-14-. The highest BCUT2D eigenvalue weighted by atomic mass is 35.5. The Morgan fingerprint density at radius 3 is 2.67 bits per heavy atom.